The van der Waals surface area contributed by atoms with E-state index in [-0.39, 0.29) is 11.7 Å². The summed E-state index contributed by atoms with van der Waals surface area (Å²) in [4.78, 5) is 9.68. The van der Waals surface area contributed by atoms with Crippen molar-refractivity contribution >= 4 is 17.1 Å². The van der Waals surface area contributed by atoms with Gasteiger partial charge in [0.2, 0.25) is 0 Å². The van der Waals surface area contributed by atoms with Crippen LogP contribution in [0.1, 0.15) is 54.8 Å². The van der Waals surface area contributed by atoms with Crippen molar-refractivity contribution in [3.8, 4) is 11.5 Å². The van der Waals surface area contributed by atoms with Crippen LogP contribution in [-0.4, -0.2) is 55.3 Å². The maximum atomic E-state index is 9.86. The average Bonchev–Trinajstić information content (AvgIpc) is 2.92. The highest BCUT2D eigenvalue weighted by Gasteiger charge is 2.20. The van der Waals surface area contributed by atoms with Gasteiger partial charge < -0.3 is 25.0 Å². The van der Waals surface area contributed by atoms with E-state index in [0.29, 0.717) is 0 Å². The number of hydrogen-bond donors (Lipinski definition) is 2. The van der Waals surface area contributed by atoms with Crippen LogP contribution in [0.5, 0.6) is 11.5 Å². The molecule has 1 atom stereocenters. The lowest BCUT2D eigenvalue weighted by atomic mass is 9.95. The number of methoxy groups -OCH3 is 1. The van der Waals surface area contributed by atoms with Gasteiger partial charge in [0.25, 0.3) is 0 Å². The number of aryl methyl sites for hydroxylation is 2. The van der Waals surface area contributed by atoms with Crippen LogP contribution in [0.15, 0.2) is 55.1 Å². The standard InChI is InChI=1S/C29H36N4O2.C2H6/c1-19-7-9-24(34)18-26(19)21(3)30-28-12-11-27(31-22(28)4)20(2)25-10-8-23(17-29(25)35-6)33-15-13-32(5)14-16-33;1-2/h7-12,17-18,20,30,34H,3,13-16H2,1-2,4-6H3;1-2H3. The van der Waals surface area contributed by atoms with Crippen LogP contribution in [0.4, 0.5) is 11.4 Å². The third-order valence-electron chi connectivity index (χ3n) is 6.93. The van der Waals surface area contributed by atoms with Crippen molar-refractivity contribution in [2.45, 2.75) is 40.5 Å². The van der Waals surface area contributed by atoms with Crippen LogP contribution in [0.2, 0.25) is 0 Å². The molecule has 1 saturated heterocycles. The fourth-order valence-electron chi connectivity index (χ4n) is 4.60. The maximum Gasteiger partial charge on any atom is 0.124 e. The number of nitrogens with zero attached hydrogens (tertiary/aromatic N) is 3. The second-order valence-electron chi connectivity index (χ2n) is 9.41. The van der Waals surface area contributed by atoms with Gasteiger partial charge in [-0.25, -0.2) is 0 Å². The molecule has 1 aromatic heterocycles. The zero-order valence-corrected chi connectivity index (χ0v) is 23.4. The predicted molar refractivity (Wildman–Crippen MR) is 156 cm³/mol. The first-order valence-corrected chi connectivity index (χ1v) is 13.1. The second-order valence-corrected chi connectivity index (χ2v) is 9.41. The zero-order chi connectivity index (χ0) is 27.1. The van der Waals surface area contributed by atoms with E-state index in [1.54, 1.807) is 19.2 Å². The first kappa shape index (κ1) is 28.1. The van der Waals surface area contributed by atoms with Gasteiger partial charge in [-0.2, -0.15) is 0 Å². The molecule has 1 unspecified atom stereocenters. The van der Waals surface area contributed by atoms with Gasteiger partial charge in [-0.15, -0.1) is 0 Å². The molecule has 0 spiro atoms. The maximum absolute atomic E-state index is 9.86. The Morgan fingerprint density at radius 2 is 1.73 bits per heavy atom. The van der Waals surface area contributed by atoms with Gasteiger partial charge >= 0.3 is 0 Å². The van der Waals surface area contributed by atoms with Crippen molar-refractivity contribution in [3.05, 3.63) is 83.2 Å². The average molecular weight is 503 g/mol. The normalized spacial score (nSPS) is 14.4. The monoisotopic (exact) mass is 502 g/mol. The van der Waals surface area contributed by atoms with Crippen molar-refractivity contribution in [1.82, 2.24) is 9.88 Å². The van der Waals surface area contributed by atoms with Gasteiger partial charge in [0.15, 0.2) is 0 Å². The molecule has 1 aliphatic rings. The number of pyridine rings is 1. The molecule has 3 aromatic rings. The van der Waals surface area contributed by atoms with E-state index < -0.39 is 0 Å². The number of likely N-dealkylation sites (N-methyl/N-ethyl adjacent to an activating group) is 1. The lowest BCUT2D eigenvalue weighted by molar-refractivity contribution is 0.312. The summed E-state index contributed by atoms with van der Waals surface area (Å²) < 4.78 is 5.81. The Morgan fingerprint density at radius 1 is 1.03 bits per heavy atom. The fourth-order valence-corrected chi connectivity index (χ4v) is 4.60. The molecule has 0 aliphatic carbocycles. The SMILES string of the molecule is C=C(Nc1ccc(C(C)c2ccc(N3CCN(C)CC3)cc2OC)nc1C)c1cc(O)ccc1C.CC. The van der Waals surface area contributed by atoms with Crippen LogP contribution >= 0.6 is 0 Å². The Labute approximate surface area is 222 Å². The highest BCUT2D eigenvalue weighted by atomic mass is 16.5. The molecule has 6 heteroatoms. The Bertz CT molecular complexity index is 1220. The predicted octanol–water partition coefficient (Wildman–Crippen LogP) is 6.43. The smallest absolute Gasteiger partial charge is 0.124 e. The summed E-state index contributed by atoms with van der Waals surface area (Å²) in [7, 11) is 3.90. The highest BCUT2D eigenvalue weighted by molar-refractivity contribution is 5.78. The molecule has 2 aromatic carbocycles. The molecule has 198 valence electrons. The Kier molecular flexibility index (Phi) is 9.59. The third-order valence-corrected chi connectivity index (χ3v) is 6.93. The second kappa shape index (κ2) is 12.6. The number of anilines is 2. The number of ether oxygens (including phenoxy) is 1. The summed E-state index contributed by atoms with van der Waals surface area (Å²) >= 11 is 0. The lowest BCUT2D eigenvalue weighted by Gasteiger charge is -2.34. The summed E-state index contributed by atoms with van der Waals surface area (Å²) in [5.74, 6) is 1.19. The molecular formula is C31H42N4O2. The minimum Gasteiger partial charge on any atom is -0.508 e. The topological polar surface area (TPSA) is 60.9 Å². The van der Waals surface area contributed by atoms with Gasteiger partial charge in [-0.1, -0.05) is 39.5 Å². The number of piperazine rings is 1. The quantitative estimate of drug-likeness (QED) is 0.388. The van der Waals surface area contributed by atoms with Gasteiger partial charge in [-0.3, -0.25) is 4.98 Å². The third kappa shape index (κ3) is 6.63. The molecule has 0 bridgehead atoms. The number of aromatic nitrogens is 1. The van der Waals surface area contributed by atoms with Crippen LogP contribution in [0.3, 0.4) is 0 Å². The summed E-state index contributed by atoms with van der Waals surface area (Å²) in [6.45, 7) is 18.5. The molecule has 0 radical (unpaired) electrons. The Balaban J connectivity index is 0.00000186. The molecule has 2 heterocycles. The van der Waals surface area contributed by atoms with Crippen LogP contribution < -0.4 is 15.0 Å². The van der Waals surface area contributed by atoms with Crippen LogP contribution in [-0.2, 0) is 0 Å². The summed E-state index contributed by atoms with van der Waals surface area (Å²) in [6.07, 6.45) is 0. The number of aromatic hydroxyl groups is 1. The highest BCUT2D eigenvalue weighted by Crippen LogP contribution is 2.35. The van der Waals surface area contributed by atoms with Crippen LogP contribution in [0, 0.1) is 13.8 Å². The van der Waals surface area contributed by atoms with E-state index in [9.17, 15) is 5.11 Å². The molecule has 1 aliphatic heterocycles. The molecule has 37 heavy (non-hydrogen) atoms. The lowest BCUT2D eigenvalue weighted by Crippen LogP contribution is -2.44. The number of nitrogens with one attached hydrogen (secondary N) is 1. The number of hydrogen-bond acceptors (Lipinski definition) is 6. The molecule has 2 N–H and O–H groups in total. The van der Waals surface area contributed by atoms with E-state index in [2.05, 4.69) is 59.9 Å². The number of phenolic OH excluding ortho intramolecular Hbond substituents is 1. The van der Waals surface area contributed by atoms with Gasteiger partial charge in [0.05, 0.1) is 18.5 Å². The summed E-state index contributed by atoms with van der Waals surface area (Å²) in [6, 6.07) is 15.9. The van der Waals surface area contributed by atoms with Crippen molar-refractivity contribution in [2.75, 3.05) is 50.6 Å². The molecular weight excluding hydrogens is 460 g/mol. The number of benzene rings is 2. The first-order chi connectivity index (χ1) is 17.8. The minimum absolute atomic E-state index is 0.0794. The van der Waals surface area contributed by atoms with E-state index >= 15 is 0 Å². The van der Waals surface area contributed by atoms with Crippen molar-refractivity contribution in [1.29, 1.82) is 0 Å². The van der Waals surface area contributed by atoms with E-state index in [1.807, 2.05) is 39.8 Å². The molecule has 1 fully saturated rings. The Hall–Kier alpha value is -3.51. The van der Waals surface area contributed by atoms with Gasteiger partial charge in [-0.05, 0) is 56.8 Å². The van der Waals surface area contributed by atoms with Crippen molar-refractivity contribution in [3.63, 3.8) is 0 Å². The number of rotatable bonds is 7. The molecule has 0 saturated carbocycles. The van der Waals surface area contributed by atoms with Crippen molar-refractivity contribution in [2.24, 2.45) is 0 Å². The summed E-state index contributed by atoms with van der Waals surface area (Å²) in [5, 5.41) is 13.2. The van der Waals surface area contributed by atoms with Gasteiger partial charge in [0.1, 0.15) is 11.5 Å². The van der Waals surface area contributed by atoms with E-state index in [1.165, 1.54) is 5.69 Å². The first-order valence-electron chi connectivity index (χ1n) is 13.1. The molecule has 4 rings (SSSR count). The van der Waals surface area contributed by atoms with Gasteiger partial charge in [0, 0.05) is 66.4 Å². The van der Waals surface area contributed by atoms with Crippen molar-refractivity contribution < 1.29 is 9.84 Å². The minimum atomic E-state index is 0.0794. The van der Waals surface area contributed by atoms with E-state index in [4.69, 9.17) is 9.72 Å². The largest absolute Gasteiger partial charge is 0.508 e. The molecule has 6 nitrogen and oxygen atoms in total. The Morgan fingerprint density at radius 3 is 2.38 bits per heavy atom. The van der Waals surface area contributed by atoms with Crippen LogP contribution in [0.25, 0.3) is 5.70 Å². The molecule has 0 amide bonds. The van der Waals surface area contributed by atoms with E-state index in [0.717, 1.165) is 71.4 Å². The zero-order valence-electron chi connectivity index (χ0n) is 23.4. The fraction of sp³-hybridized carbons (Fsp3) is 0.387. The summed E-state index contributed by atoms with van der Waals surface area (Å²) in [5.41, 5.74) is 7.75. The number of phenols is 1.